The fourth-order valence-electron chi connectivity index (χ4n) is 2.02. The average molecular weight is 278 g/mol. The maximum atomic E-state index is 13.2. The largest absolute Gasteiger partial charge is 0.490 e. The van der Waals surface area contributed by atoms with Gasteiger partial charge in [0.2, 0.25) is 0 Å². The lowest BCUT2D eigenvalue weighted by Crippen LogP contribution is -2.42. The smallest absolute Gasteiger partial charge is 0.135 e. The molecular weight excluding hydrogens is 259 g/mol. The van der Waals surface area contributed by atoms with E-state index in [1.165, 1.54) is 12.1 Å². The van der Waals surface area contributed by atoms with Crippen LogP contribution >= 0.6 is 0 Å². The highest BCUT2D eigenvalue weighted by atomic mass is 19.1. The molecule has 20 heavy (non-hydrogen) atoms. The third-order valence-electron chi connectivity index (χ3n) is 3.03. The van der Waals surface area contributed by atoms with Gasteiger partial charge in [0, 0.05) is 13.1 Å². The first-order chi connectivity index (χ1) is 9.69. The Balaban J connectivity index is 2.01. The number of nitrogens with two attached hydrogens (primary N) is 1. The van der Waals surface area contributed by atoms with E-state index in [1.54, 1.807) is 6.07 Å². The lowest BCUT2D eigenvalue weighted by molar-refractivity contribution is -0.0403. The number of hydrogen-bond acceptors (Lipinski definition) is 4. The van der Waals surface area contributed by atoms with Crippen molar-refractivity contribution in [2.45, 2.75) is 6.10 Å². The molecule has 1 aromatic carbocycles. The van der Waals surface area contributed by atoms with Gasteiger partial charge in [-0.25, -0.2) is 4.39 Å². The minimum atomic E-state index is -0.340. The van der Waals surface area contributed by atoms with E-state index in [-0.39, 0.29) is 18.5 Å². The minimum Gasteiger partial charge on any atom is -0.490 e. The van der Waals surface area contributed by atoms with Gasteiger partial charge in [-0.1, -0.05) is 11.8 Å². The molecule has 2 rings (SSSR count). The van der Waals surface area contributed by atoms with Gasteiger partial charge in [-0.15, -0.1) is 0 Å². The molecule has 0 bridgehead atoms. The highest BCUT2D eigenvalue weighted by Gasteiger charge is 2.18. The van der Waals surface area contributed by atoms with E-state index in [1.807, 2.05) is 7.05 Å². The van der Waals surface area contributed by atoms with Crippen molar-refractivity contribution in [2.75, 3.05) is 39.9 Å². The third-order valence-corrected chi connectivity index (χ3v) is 3.03. The van der Waals surface area contributed by atoms with Crippen LogP contribution < -0.4 is 10.5 Å². The van der Waals surface area contributed by atoms with E-state index in [4.69, 9.17) is 15.2 Å². The van der Waals surface area contributed by atoms with Crippen LogP contribution in [0.4, 0.5) is 4.39 Å². The monoisotopic (exact) mass is 278 g/mol. The second-order valence-electron chi connectivity index (χ2n) is 4.71. The molecule has 0 radical (unpaired) electrons. The SMILES string of the molecule is CN1CCOC(COc2ccc(F)cc2C#CCN)C1. The normalized spacial score (nSPS) is 19.2. The molecule has 108 valence electrons. The summed E-state index contributed by atoms with van der Waals surface area (Å²) >= 11 is 0. The summed E-state index contributed by atoms with van der Waals surface area (Å²) in [5, 5.41) is 0. The molecule has 1 saturated heterocycles. The average Bonchev–Trinajstić information content (AvgIpc) is 2.44. The van der Waals surface area contributed by atoms with Crippen molar-refractivity contribution in [1.29, 1.82) is 0 Å². The second kappa shape index (κ2) is 7.25. The number of hydrogen-bond donors (Lipinski definition) is 1. The van der Waals surface area contributed by atoms with Crippen LogP contribution in [0.25, 0.3) is 0 Å². The third kappa shape index (κ3) is 4.20. The lowest BCUT2D eigenvalue weighted by atomic mass is 10.2. The first-order valence-electron chi connectivity index (χ1n) is 6.60. The molecule has 1 aliphatic rings. The maximum Gasteiger partial charge on any atom is 0.135 e. The summed E-state index contributed by atoms with van der Waals surface area (Å²) in [7, 11) is 2.05. The number of halogens is 1. The molecule has 5 heteroatoms. The predicted molar refractivity (Wildman–Crippen MR) is 75.1 cm³/mol. The number of ether oxygens (including phenoxy) is 2. The van der Waals surface area contributed by atoms with Crippen molar-refractivity contribution in [1.82, 2.24) is 4.90 Å². The van der Waals surface area contributed by atoms with Crippen molar-refractivity contribution in [3.63, 3.8) is 0 Å². The Bertz CT molecular complexity index is 510. The van der Waals surface area contributed by atoms with Crippen LogP contribution in [-0.4, -0.2) is 50.9 Å². The summed E-state index contributed by atoms with van der Waals surface area (Å²) in [6.45, 7) is 3.11. The van der Waals surface area contributed by atoms with Crippen molar-refractivity contribution in [3.05, 3.63) is 29.6 Å². The fourth-order valence-corrected chi connectivity index (χ4v) is 2.02. The summed E-state index contributed by atoms with van der Waals surface area (Å²) in [6, 6.07) is 4.30. The van der Waals surface area contributed by atoms with Gasteiger partial charge in [0.1, 0.15) is 24.3 Å². The molecule has 2 N–H and O–H groups in total. The van der Waals surface area contributed by atoms with Gasteiger partial charge in [0.25, 0.3) is 0 Å². The van der Waals surface area contributed by atoms with Crippen LogP contribution in [0.15, 0.2) is 18.2 Å². The lowest BCUT2D eigenvalue weighted by Gasteiger charge is -2.29. The molecule has 0 amide bonds. The molecule has 0 saturated carbocycles. The highest BCUT2D eigenvalue weighted by Crippen LogP contribution is 2.19. The topological polar surface area (TPSA) is 47.7 Å². The number of benzene rings is 1. The Hall–Kier alpha value is -1.61. The van der Waals surface area contributed by atoms with Crippen LogP contribution in [0, 0.1) is 17.7 Å². The van der Waals surface area contributed by atoms with Gasteiger partial charge in [0.15, 0.2) is 0 Å². The van der Waals surface area contributed by atoms with Gasteiger partial charge in [-0.05, 0) is 25.2 Å². The maximum absolute atomic E-state index is 13.2. The Kier molecular flexibility index (Phi) is 5.36. The van der Waals surface area contributed by atoms with Crippen molar-refractivity contribution >= 4 is 0 Å². The molecule has 0 aliphatic carbocycles. The number of rotatable bonds is 3. The number of morpholine rings is 1. The molecule has 1 heterocycles. The molecule has 1 atom stereocenters. The van der Waals surface area contributed by atoms with Gasteiger partial charge in [-0.2, -0.15) is 0 Å². The van der Waals surface area contributed by atoms with Gasteiger partial charge < -0.3 is 20.1 Å². The first kappa shape index (κ1) is 14.8. The zero-order valence-electron chi connectivity index (χ0n) is 11.6. The summed E-state index contributed by atoms with van der Waals surface area (Å²) in [6.07, 6.45) is 0.0223. The van der Waals surface area contributed by atoms with E-state index in [9.17, 15) is 4.39 Å². The summed E-state index contributed by atoms with van der Waals surface area (Å²) < 4.78 is 24.6. The standard InChI is InChI=1S/C15H19FN2O2/c1-18-7-8-19-14(10-18)11-20-15-5-4-13(16)9-12(15)3-2-6-17/h4-5,9,14H,6-8,10-11,17H2,1H3. The molecule has 1 aliphatic heterocycles. The van der Waals surface area contributed by atoms with E-state index in [0.717, 1.165) is 13.1 Å². The Morgan fingerprint density at radius 1 is 1.55 bits per heavy atom. The molecular formula is C15H19FN2O2. The van der Waals surface area contributed by atoms with Crippen LogP contribution in [-0.2, 0) is 4.74 Å². The van der Waals surface area contributed by atoms with Crippen LogP contribution in [0.1, 0.15) is 5.56 Å². The van der Waals surface area contributed by atoms with Crippen molar-refractivity contribution in [3.8, 4) is 17.6 Å². The van der Waals surface area contributed by atoms with Gasteiger partial charge >= 0.3 is 0 Å². The molecule has 1 fully saturated rings. The van der Waals surface area contributed by atoms with Crippen molar-refractivity contribution in [2.24, 2.45) is 5.73 Å². The highest BCUT2D eigenvalue weighted by molar-refractivity contribution is 5.46. The minimum absolute atomic E-state index is 0.0223. The zero-order valence-corrected chi connectivity index (χ0v) is 11.6. The number of nitrogens with zero attached hydrogens (tertiary/aromatic N) is 1. The molecule has 0 spiro atoms. The predicted octanol–water partition coefficient (Wildman–Crippen LogP) is 0.845. The second-order valence-corrected chi connectivity index (χ2v) is 4.71. The van der Waals surface area contributed by atoms with Crippen LogP contribution in [0.5, 0.6) is 5.75 Å². The molecule has 1 aromatic rings. The van der Waals surface area contributed by atoms with Crippen LogP contribution in [0.2, 0.25) is 0 Å². The summed E-state index contributed by atoms with van der Waals surface area (Å²) in [5.41, 5.74) is 5.85. The quantitative estimate of drug-likeness (QED) is 0.833. The van der Waals surface area contributed by atoms with E-state index in [0.29, 0.717) is 24.5 Å². The fraction of sp³-hybridized carbons (Fsp3) is 0.467. The van der Waals surface area contributed by atoms with E-state index < -0.39 is 0 Å². The van der Waals surface area contributed by atoms with Crippen molar-refractivity contribution < 1.29 is 13.9 Å². The molecule has 1 unspecified atom stereocenters. The first-order valence-corrected chi connectivity index (χ1v) is 6.60. The molecule has 0 aromatic heterocycles. The summed E-state index contributed by atoms with van der Waals surface area (Å²) in [5.74, 6) is 5.75. The Labute approximate surface area is 118 Å². The molecule has 4 nitrogen and oxygen atoms in total. The van der Waals surface area contributed by atoms with Gasteiger partial charge in [0.05, 0.1) is 18.7 Å². The van der Waals surface area contributed by atoms with Gasteiger partial charge in [-0.3, -0.25) is 0 Å². The van der Waals surface area contributed by atoms with E-state index >= 15 is 0 Å². The van der Waals surface area contributed by atoms with Crippen LogP contribution in [0.3, 0.4) is 0 Å². The zero-order chi connectivity index (χ0) is 14.4. The van der Waals surface area contributed by atoms with E-state index in [2.05, 4.69) is 16.7 Å². The Morgan fingerprint density at radius 3 is 3.15 bits per heavy atom. The Morgan fingerprint density at radius 2 is 2.40 bits per heavy atom. The number of likely N-dealkylation sites (N-methyl/N-ethyl adjacent to an activating group) is 1. The summed E-state index contributed by atoms with van der Waals surface area (Å²) in [4.78, 5) is 2.19.